The number of halogens is 1. The molecule has 0 spiro atoms. The van der Waals surface area contributed by atoms with Crippen LogP contribution >= 0.6 is 11.6 Å². The third-order valence-corrected chi connectivity index (χ3v) is 3.01. The molecular weight excluding hydrogens is 292 g/mol. The Morgan fingerprint density at radius 3 is 2.57 bits per heavy atom. The summed E-state index contributed by atoms with van der Waals surface area (Å²) in [7, 11) is 1.55. The minimum Gasteiger partial charge on any atom is -0.495 e. The number of nitrogens with one attached hydrogen (secondary N) is 1. The Kier molecular flexibility index (Phi) is 4.79. The van der Waals surface area contributed by atoms with Gasteiger partial charge in [0.15, 0.2) is 0 Å². The summed E-state index contributed by atoms with van der Waals surface area (Å²) in [4.78, 5) is 10.7. The van der Waals surface area contributed by atoms with Crippen molar-refractivity contribution in [2.45, 2.75) is 0 Å². The van der Waals surface area contributed by atoms with Gasteiger partial charge in [0, 0.05) is 0 Å². The number of nitrogens with zero attached hydrogens (tertiary/aromatic N) is 1. The molecule has 0 fully saturated rings. The van der Waals surface area contributed by atoms with Gasteiger partial charge in [-0.3, -0.25) is 5.43 Å². The van der Waals surface area contributed by atoms with E-state index in [1.165, 1.54) is 12.1 Å². The number of carbonyl (C=O) groups is 1. The Morgan fingerprint density at radius 1 is 1.29 bits per heavy atom. The van der Waals surface area contributed by atoms with Crippen LogP contribution in [-0.4, -0.2) is 24.4 Å². The van der Waals surface area contributed by atoms with E-state index < -0.39 is 5.97 Å². The molecule has 0 atom stereocenters. The van der Waals surface area contributed by atoms with E-state index in [1.807, 2.05) is 0 Å². The molecule has 2 rings (SSSR count). The molecule has 0 saturated carbocycles. The number of methoxy groups -OCH3 is 1. The molecule has 0 saturated heterocycles. The number of hydrazone groups is 1. The lowest BCUT2D eigenvalue weighted by molar-refractivity contribution is 0.0697. The van der Waals surface area contributed by atoms with Gasteiger partial charge in [0.1, 0.15) is 5.75 Å². The lowest BCUT2D eigenvalue weighted by Gasteiger charge is -2.05. The fourth-order valence-corrected chi connectivity index (χ4v) is 1.89. The minimum absolute atomic E-state index is 0.238. The average molecular weight is 305 g/mol. The van der Waals surface area contributed by atoms with Crippen LogP contribution < -0.4 is 10.2 Å². The number of ether oxygens (including phenoxy) is 1. The Balaban J connectivity index is 2.01. The predicted molar refractivity (Wildman–Crippen MR) is 82.6 cm³/mol. The summed E-state index contributed by atoms with van der Waals surface area (Å²) in [6.07, 6.45) is 1.59. The van der Waals surface area contributed by atoms with E-state index in [2.05, 4.69) is 10.5 Å². The highest BCUT2D eigenvalue weighted by Gasteiger charge is 2.01. The van der Waals surface area contributed by atoms with Crippen LogP contribution in [0.5, 0.6) is 5.75 Å². The first-order valence-electron chi connectivity index (χ1n) is 6.06. The van der Waals surface area contributed by atoms with Crippen molar-refractivity contribution < 1.29 is 14.6 Å². The topological polar surface area (TPSA) is 70.9 Å². The molecule has 0 bridgehead atoms. The number of anilines is 1. The van der Waals surface area contributed by atoms with Crippen molar-refractivity contribution >= 4 is 29.5 Å². The molecule has 0 aliphatic carbocycles. The van der Waals surface area contributed by atoms with Crippen LogP contribution in [0, 0.1) is 0 Å². The zero-order valence-corrected chi connectivity index (χ0v) is 12.0. The van der Waals surface area contributed by atoms with Crippen molar-refractivity contribution in [2.24, 2.45) is 5.10 Å². The van der Waals surface area contributed by atoms with E-state index in [4.69, 9.17) is 21.4 Å². The van der Waals surface area contributed by atoms with E-state index >= 15 is 0 Å². The maximum Gasteiger partial charge on any atom is 0.335 e. The van der Waals surface area contributed by atoms with Crippen LogP contribution in [0.25, 0.3) is 0 Å². The number of carboxylic acid groups (broad SMARTS) is 1. The second kappa shape index (κ2) is 6.76. The molecule has 0 heterocycles. The van der Waals surface area contributed by atoms with Gasteiger partial charge in [-0.1, -0.05) is 23.7 Å². The van der Waals surface area contributed by atoms with Crippen molar-refractivity contribution in [2.75, 3.05) is 12.5 Å². The number of carboxylic acids is 1. The standard InChI is InChI=1S/C15H13ClN2O3/c1-21-14-7-6-12(8-13(14)16)18-17-9-10-2-4-11(5-3-10)15(19)20/h2-9,18H,1H3,(H,19,20)/b17-9+. The summed E-state index contributed by atoms with van der Waals surface area (Å²) < 4.78 is 5.06. The largest absolute Gasteiger partial charge is 0.495 e. The number of hydrogen-bond donors (Lipinski definition) is 2. The zero-order valence-electron chi connectivity index (χ0n) is 11.2. The fraction of sp³-hybridized carbons (Fsp3) is 0.0667. The number of aromatic carboxylic acids is 1. The van der Waals surface area contributed by atoms with E-state index in [-0.39, 0.29) is 5.56 Å². The second-order valence-electron chi connectivity index (χ2n) is 4.15. The van der Waals surface area contributed by atoms with E-state index in [1.54, 1.807) is 43.7 Å². The lowest BCUT2D eigenvalue weighted by atomic mass is 10.1. The smallest absolute Gasteiger partial charge is 0.335 e. The van der Waals surface area contributed by atoms with Gasteiger partial charge in [0.2, 0.25) is 0 Å². The Bertz CT molecular complexity index is 669. The fourth-order valence-electron chi connectivity index (χ4n) is 1.63. The molecular formula is C15H13ClN2O3. The highest BCUT2D eigenvalue weighted by molar-refractivity contribution is 6.32. The van der Waals surface area contributed by atoms with Crippen molar-refractivity contribution in [3.63, 3.8) is 0 Å². The molecule has 2 aromatic rings. The van der Waals surface area contributed by atoms with Crippen molar-refractivity contribution in [1.82, 2.24) is 0 Å². The molecule has 0 radical (unpaired) electrons. The monoisotopic (exact) mass is 304 g/mol. The summed E-state index contributed by atoms with van der Waals surface area (Å²) in [6, 6.07) is 11.6. The molecule has 0 aromatic heterocycles. The Hall–Kier alpha value is -2.53. The van der Waals surface area contributed by atoms with Gasteiger partial charge in [0.05, 0.1) is 29.6 Å². The third kappa shape index (κ3) is 3.97. The van der Waals surface area contributed by atoms with Gasteiger partial charge >= 0.3 is 5.97 Å². The van der Waals surface area contributed by atoms with Crippen molar-refractivity contribution in [3.8, 4) is 5.75 Å². The van der Waals surface area contributed by atoms with Gasteiger partial charge in [0.25, 0.3) is 0 Å². The first-order valence-corrected chi connectivity index (χ1v) is 6.44. The molecule has 0 aliphatic rings. The maximum absolute atomic E-state index is 10.7. The van der Waals surface area contributed by atoms with Crippen LogP contribution in [0.15, 0.2) is 47.6 Å². The number of hydrogen-bond acceptors (Lipinski definition) is 4. The van der Waals surface area contributed by atoms with Crippen LogP contribution in [0.4, 0.5) is 5.69 Å². The van der Waals surface area contributed by atoms with Crippen LogP contribution in [0.2, 0.25) is 5.02 Å². The van der Waals surface area contributed by atoms with Gasteiger partial charge in [-0.2, -0.15) is 5.10 Å². The predicted octanol–water partition coefficient (Wildman–Crippen LogP) is 3.49. The molecule has 108 valence electrons. The molecule has 2 N–H and O–H groups in total. The van der Waals surface area contributed by atoms with E-state index in [0.717, 1.165) is 11.3 Å². The van der Waals surface area contributed by atoms with E-state index in [9.17, 15) is 4.79 Å². The first kappa shape index (κ1) is 14.9. The molecule has 5 nitrogen and oxygen atoms in total. The van der Waals surface area contributed by atoms with Gasteiger partial charge in [-0.15, -0.1) is 0 Å². The second-order valence-corrected chi connectivity index (χ2v) is 4.55. The van der Waals surface area contributed by atoms with Crippen LogP contribution in [0.1, 0.15) is 15.9 Å². The molecule has 0 aliphatic heterocycles. The van der Waals surface area contributed by atoms with E-state index in [0.29, 0.717) is 10.8 Å². The van der Waals surface area contributed by atoms with Crippen LogP contribution in [-0.2, 0) is 0 Å². The highest BCUT2D eigenvalue weighted by Crippen LogP contribution is 2.27. The zero-order chi connectivity index (χ0) is 15.2. The SMILES string of the molecule is COc1ccc(N/N=C/c2ccc(C(=O)O)cc2)cc1Cl. The van der Waals surface area contributed by atoms with Gasteiger partial charge < -0.3 is 9.84 Å². The summed E-state index contributed by atoms with van der Waals surface area (Å²) in [5.74, 6) is -0.361. The number of benzene rings is 2. The Labute approximate surface area is 126 Å². The summed E-state index contributed by atoms with van der Waals surface area (Å²) in [5.41, 5.74) is 4.58. The Morgan fingerprint density at radius 2 is 2.00 bits per heavy atom. The quantitative estimate of drug-likeness (QED) is 0.655. The average Bonchev–Trinajstić information content (AvgIpc) is 2.48. The lowest BCUT2D eigenvalue weighted by Crippen LogP contribution is -1.96. The molecule has 0 unspecified atom stereocenters. The first-order chi connectivity index (χ1) is 10.1. The number of rotatable bonds is 5. The van der Waals surface area contributed by atoms with Gasteiger partial charge in [-0.05, 0) is 35.9 Å². The van der Waals surface area contributed by atoms with Crippen molar-refractivity contribution in [3.05, 3.63) is 58.6 Å². The summed E-state index contributed by atoms with van der Waals surface area (Å²) in [5, 5.41) is 13.4. The molecule has 0 amide bonds. The summed E-state index contributed by atoms with van der Waals surface area (Å²) >= 11 is 6.00. The maximum atomic E-state index is 10.7. The normalized spacial score (nSPS) is 10.6. The molecule has 21 heavy (non-hydrogen) atoms. The molecule has 6 heteroatoms. The van der Waals surface area contributed by atoms with Gasteiger partial charge in [-0.25, -0.2) is 4.79 Å². The minimum atomic E-state index is -0.954. The third-order valence-electron chi connectivity index (χ3n) is 2.72. The highest BCUT2D eigenvalue weighted by atomic mass is 35.5. The molecule has 2 aromatic carbocycles. The van der Waals surface area contributed by atoms with Crippen LogP contribution in [0.3, 0.4) is 0 Å². The summed E-state index contributed by atoms with van der Waals surface area (Å²) in [6.45, 7) is 0. The van der Waals surface area contributed by atoms with Crippen molar-refractivity contribution in [1.29, 1.82) is 0 Å².